The van der Waals surface area contributed by atoms with Gasteiger partial charge in [-0.15, -0.1) is 0 Å². The molecule has 0 aromatic carbocycles. The van der Waals surface area contributed by atoms with Gasteiger partial charge in [0.15, 0.2) is 0 Å². The Balaban J connectivity index is 1.62. The molecule has 0 aromatic rings. The third kappa shape index (κ3) is 4.97. The van der Waals surface area contributed by atoms with E-state index in [1.54, 1.807) is 7.05 Å². The van der Waals surface area contributed by atoms with E-state index in [0.717, 1.165) is 38.8 Å². The van der Waals surface area contributed by atoms with Crippen LogP contribution in [0.3, 0.4) is 0 Å². The normalized spacial score (nSPS) is 21.3. The molecule has 0 radical (unpaired) electrons. The van der Waals surface area contributed by atoms with Crippen molar-refractivity contribution in [2.24, 2.45) is 5.92 Å². The van der Waals surface area contributed by atoms with Crippen LogP contribution in [0.1, 0.15) is 32.1 Å². The minimum absolute atomic E-state index is 0.0602. The fourth-order valence-electron chi connectivity index (χ4n) is 3.03. The molecule has 2 aliphatic rings. The van der Waals surface area contributed by atoms with Crippen molar-refractivity contribution in [1.82, 2.24) is 15.5 Å². The van der Waals surface area contributed by atoms with Crippen LogP contribution in [0, 0.1) is 5.92 Å². The highest BCUT2D eigenvalue weighted by Gasteiger charge is 2.26. The van der Waals surface area contributed by atoms with Crippen LogP contribution >= 0.6 is 0 Å². The molecule has 0 atom stereocenters. The van der Waals surface area contributed by atoms with Gasteiger partial charge in [0.05, 0.1) is 19.1 Å². The molecule has 0 unspecified atom stereocenters. The van der Waals surface area contributed by atoms with Crippen molar-refractivity contribution < 1.29 is 14.3 Å². The number of rotatable bonds is 5. The Kier molecular flexibility index (Phi) is 6.45. The van der Waals surface area contributed by atoms with Gasteiger partial charge in [-0.1, -0.05) is 0 Å². The minimum Gasteiger partial charge on any atom is -0.378 e. The number of likely N-dealkylation sites (tertiary alicyclic amines) is 1. The van der Waals surface area contributed by atoms with Crippen molar-refractivity contribution in [3.8, 4) is 0 Å². The molecule has 120 valence electrons. The average Bonchev–Trinajstić information content (AvgIpc) is 2.55. The van der Waals surface area contributed by atoms with Gasteiger partial charge in [-0.25, -0.2) is 0 Å². The summed E-state index contributed by atoms with van der Waals surface area (Å²) >= 11 is 0. The Morgan fingerprint density at radius 3 is 2.48 bits per heavy atom. The van der Waals surface area contributed by atoms with Gasteiger partial charge >= 0.3 is 0 Å². The summed E-state index contributed by atoms with van der Waals surface area (Å²) in [6.45, 7) is 3.89. The van der Waals surface area contributed by atoms with Gasteiger partial charge in [0.2, 0.25) is 11.8 Å². The number of hydrogen-bond acceptors (Lipinski definition) is 4. The zero-order chi connectivity index (χ0) is 15.1. The van der Waals surface area contributed by atoms with Crippen LogP contribution in [0.25, 0.3) is 0 Å². The standard InChI is InChI=1S/C15H27N3O3/c1-16-15(20)12-4-9-18(10-5-12)14(19)6-11-21-13-2-7-17-8-3-13/h12-13,17H,2-11H2,1H3,(H,16,20). The van der Waals surface area contributed by atoms with E-state index in [4.69, 9.17) is 4.74 Å². The zero-order valence-corrected chi connectivity index (χ0v) is 12.9. The van der Waals surface area contributed by atoms with Crippen LogP contribution in [0.4, 0.5) is 0 Å². The molecule has 2 rings (SSSR count). The predicted octanol–water partition coefficient (Wildman–Crippen LogP) is 0.130. The number of nitrogens with zero attached hydrogens (tertiary/aromatic N) is 1. The van der Waals surface area contributed by atoms with Crippen molar-refractivity contribution in [2.45, 2.75) is 38.2 Å². The quantitative estimate of drug-likeness (QED) is 0.757. The van der Waals surface area contributed by atoms with Crippen LogP contribution in [-0.4, -0.2) is 62.7 Å². The molecule has 0 spiro atoms. The Labute approximate surface area is 126 Å². The van der Waals surface area contributed by atoms with Crippen molar-refractivity contribution in [3.05, 3.63) is 0 Å². The Hall–Kier alpha value is -1.14. The van der Waals surface area contributed by atoms with Gasteiger partial charge in [0.1, 0.15) is 0 Å². The highest BCUT2D eigenvalue weighted by molar-refractivity contribution is 5.79. The molecule has 6 nitrogen and oxygen atoms in total. The van der Waals surface area contributed by atoms with Crippen molar-refractivity contribution in [2.75, 3.05) is 39.8 Å². The summed E-state index contributed by atoms with van der Waals surface area (Å²) in [5.74, 6) is 0.306. The summed E-state index contributed by atoms with van der Waals surface area (Å²) in [4.78, 5) is 25.5. The minimum atomic E-state index is 0.0602. The number of amides is 2. The van der Waals surface area contributed by atoms with Crippen LogP contribution in [-0.2, 0) is 14.3 Å². The fraction of sp³-hybridized carbons (Fsp3) is 0.867. The largest absolute Gasteiger partial charge is 0.378 e. The predicted molar refractivity (Wildman–Crippen MR) is 79.8 cm³/mol. The second-order valence-electron chi connectivity index (χ2n) is 5.84. The molecule has 6 heteroatoms. The smallest absolute Gasteiger partial charge is 0.224 e. The zero-order valence-electron chi connectivity index (χ0n) is 12.9. The highest BCUT2D eigenvalue weighted by atomic mass is 16.5. The first-order chi connectivity index (χ1) is 10.2. The lowest BCUT2D eigenvalue weighted by atomic mass is 9.96. The first kappa shape index (κ1) is 16.2. The molecule has 2 amide bonds. The third-order valence-electron chi connectivity index (χ3n) is 4.42. The second-order valence-corrected chi connectivity index (χ2v) is 5.84. The maximum absolute atomic E-state index is 12.1. The van der Waals surface area contributed by atoms with Gasteiger partial charge in [-0.3, -0.25) is 9.59 Å². The summed E-state index contributed by atoms with van der Waals surface area (Å²) in [7, 11) is 1.66. The van der Waals surface area contributed by atoms with Gasteiger partial charge in [-0.05, 0) is 38.8 Å². The molecule has 0 bridgehead atoms. The van der Waals surface area contributed by atoms with Crippen LogP contribution in [0.5, 0.6) is 0 Å². The molecular formula is C15H27N3O3. The number of piperidine rings is 2. The SMILES string of the molecule is CNC(=O)C1CCN(C(=O)CCOC2CCNCC2)CC1. The fourth-order valence-corrected chi connectivity index (χ4v) is 3.03. The van der Waals surface area contributed by atoms with E-state index in [2.05, 4.69) is 10.6 Å². The lowest BCUT2D eigenvalue weighted by Crippen LogP contribution is -2.42. The molecule has 0 saturated carbocycles. The van der Waals surface area contributed by atoms with E-state index in [1.165, 1.54) is 0 Å². The van der Waals surface area contributed by atoms with Gasteiger partial charge in [0.25, 0.3) is 0 Å². The van der Waals surface area contributed by atoms with E-state index in [-0.39, 0.29) is 17.7 Å². The molecule has 2 N–H and O–H groups in total. The lowest BCUT2D eigenvalue weighted by molar-refractivity contribution is -0.136. The van der Waals surface area contributed by atoms with E-state index < -0.39 is 0 Å². The maximum Gasteiger partial charge on any atom is 0.224 e. The lowest BCUT2D eigenvalue weighted by Gasteiger charge is -2.31. The van der Waals surface area contributed by atoms with Gasteiger partial charge < -0.3 is 20.3 Å². The van der Waals surface area contributed by atoms with Crippen LogP contribution in [0.2, 0.25) is 0 Å². The average molecular weight is 297 g/mol. The summed E-state index contributed by atoms with van der Waals surface area (Å²) in [5.41, 5.74) is 0. The first-order valence-electron chi connectivity index (χ1n) is 8.02. The van der Waals surface area contributed by atoms with Crippen LogP contribution in [0.15, 0.2) is 0 Å². The van der Waals surface area contributed by atoms with Gasteiger partial charge in [0, 0.05) is 26.1 Å². The second kappa shape index (κ2) is 8.34. The molecule has 2 heterocycles. The molecule has 2 aliphatic heterocycles. The summed E-state index contributed by atoms with van der Waals surface area (Å²) < 4.78 is 5.77. The van der Waals surface area contributed by atoms with E-state index in [1.807, 2.05) is 4.90 Å². The Morgan fingerprint density at radius 2 is 1.86 bits per heavy atom. The summed E-state index contributed by atoms with van der Waals surface area (Å²) in [6, 6.07) is 0. The van der Waals surface area contributed by atoms with Crippen LogP contribution < -0.4 is 10.6 Å². The summed E-state index contributed by atoms with van der Waals surface area (Å²) in [5, 5.41) is 5.98. The molecular weight excluding hydrogens is 270 g/mol. The first-order valence-corrected chi connectivity index (χ1v) is 8.02. The Morgan fingerprint density at radius 1 is 1.19 bits per heavy atom. The van der Waals surface area contributed by atoms with E-state index in [9.17, 15) is 9.59 Å². The molecule has 21 heavy (non-hydrogen) atoms. The molecule has 0 aliphatic carbocycles. The number of carbonyl (C=O) groups is 2. The number of hydrogen-bond donors (Lipinski definition) is 2. The number of ether oxygens (including phenoxy) is 1. The molecule has 2 saturated heterocycles. The van der Waals surface area contributed by atoms with Crippen molar-refractivity contribution in [3.63, 3.8) is 0 Å². The highest BCUT2D eigenvalue weighted by Crippen LogP contribution is 2.18. The topological polar surface area (TPSA) is 70.7 Å². The van der Waals surface area contributed by atoms with Crippen molar-refractivity contribution >= 4 is 11.8 Å². The number of nitrogens with one attached hydrogen (secondary N) is 2. The van der Waals surface area contributed by atoms with E-state index in [0.29, 0.717) is 32.2 Å². The summed E-state index contributed by atoms with van der Waals surface area (Å²) in [6.07, 6.45) is 4.35. The van der Waals surface area contributed by atoms with Crippen molar-refractivity contribution in [1.29, 1.82) is 0 Å². The molecule has 0 aromatic heterocycles. The molecule has 2 fully saturated rings. The Bertz CT molecular complexity index is 348. The maximum atomic E-state index is 12.1. The van der Waals surface area contributed by atoms with E-state index >= 15 is 0 Å². The number of carbonyl (C=O) groups excluding carboxylic acids is 2. The monoisotopic (exact) mass is 297 g/mol. The van der Waals surface area contributed by atoms with Gasteiger partial charge in [-0.2, -0.15) is 0 Å². The third-order valence-corrected chi connectivity index (χ3v) is 4.42.